The van der Waals surface area contributed by atoms with Crippen LogP contribution in [0.25, 0.3) is 21.8 Å². The molecule has 98 valence electrons. The first-order valence-corrected chi connectivity index (χ1v) is 6.16. The highest BCUT2D eigenvalue weighted by atomic mass is 79.9. The summed E-state index contributed by atoms with van der Waals surface area (Å²) in [5.74, 6) is -0.452. The monoisotopic (exact) mass is 383 g/mol. The summed E-state index contributed by atoms with van der Waals surface area (Å²) in [5.41, 5.74) is 13.9. The van der Waals surface area contributed by atoms with E-state index >= 15 is 0 Å². The van der Waals surface area contributed by atoms with Gasteiger partial charge in [0.25, 0.3) is 5.91 Å². The third kappa shape index (κ3) is 2.11. The average molecular weight is 385 g/mol. The van der Waals surface area contributed by atoms with Gasteiger partial charge in [-0.2, -0.15) is 0 Å². The second-order valence-electron chi connectivity index (χ2n) is 4.14. The first-order valence-electron chi connectivity index (χ1n) is 5.37. The van der Waals surface area contributed by atoms with E-state index in [1.807, 2.05) is 24.3 Å². The van der Waals surface area contributed by atoms with Gasteiger partial charge in [-0.25, -0.2) is 0 Å². The summed E-state index contributed by atoms with van der Waals surface area (Å²) in [6.07, 6.45) is 0. The Morgan fingerprint density at radius 3 is 2.63 bits per heavy atom. The van der Waals surface area contributed by atoms with Gasteiger partial charge in [-0.1, -0.05) is 22.0 Å². The molecule has 1 heterocycles. The van der Waals surface area contributed by atoms with Crippen molar-refractivity contribution >= 4 is 66.3 Å². The normalized spacial score (nSPS) is 10.6. The maximum atomic E-state index is 11.4. The minimum absolute atomic E-state index is 0. The molecular formula is C13H11Br2N3O. The Labute approximate surface area is 128 Å². The van der Waals surface area contributed by atoms with E-state index < -0.39 is 5.91 Å². The van der Waals surface area contributed by atoms with Crippen LogP contribution in [0.2, 0.25) is 0 Å². The molecule has 0 spiro atoms. The number of aromatic amines is 1. The number of primary amides is 1. The van der Waals surface area contributed by atoms with Gasteiger partial charge in [-0.3, -0.25) is 4.79 Å². The first-order chi connectivity index (χ1) is 8.58. The number of benzene rings is 2. The molecule has 3 rings (SSSR count). The van der Waals surface area contributed by atoms with E-state index in [0.29, 0.717) is 11.3 Å². The number of carbonyl (C=O) groups excluding carboxylic acids is 1. The van der Waals surface area contributed by atoms with Crippen LogP contribution in [-0.2, 0) is 0 Å². The lowest BCUT2D eigenvalue weighted by molar-refractivity contribution is 0.100. The molecule has 0 aliphatic carbocycles. The van der Waals surface area contributed by atoms with Crippen molar-refractivity contribution in [3.05, 3.63) is 40.4 Å². The fourth-order valence-electron chi connectivity index (χ4n) is 2.19. The van der Waals surface area contributed by atoms with Crippen molar-refractivity contribution in [2.24, 2.45) is 5.73 Å². The van der Waals surface area contributed by atoms with Crippen molar-refractivity contribution in [2.75, 3.05) is 5.73 Å². The van der Waals surface area contributed by atoms with Crippen molar-refractivity contribution < 1.29 is 4.79 Å². The highest BCUT2D eigenvalue weighted by molar-refractivity contribution is 9.10. The third-order valence-electron chi connectivity index (χ3n) is 2.99. The third-order valence-corrected chi connectivity index (χ3v) is 3.65. The van der Waals surface area contributed by atoms with Gasteiger partial charge >= 0.3 is 0 Å². The molecule has 2 aromatic carbocycles. The molecule has 4 nitrogen and oxygen atoms in total. The Morgan fingerprint density at radius 2 is 1.95 bits per heavy atom. The molecule has 6 heteroatoms. The zero-order valence-corrected chi connectivity index (χ0v) is 13.0. The summed E-state index contributed by atoms with van der Waals surface area (Å²) in [7, 11) is 0. The number of nitrogens with one attached hydrogen (secondary N) is 1. The number of rotatable bonds is 1. The molecule has 19 heavy (non-hydrogen) atoms. The molecule has 0 unspecified atom stereocenters. The Hall–Kier alpha value is -1.53. The summed E-state index contributed by atoms with van der Waals surface area (Å²) >= 11 is 3.50. The highest BCUT2D eigenvalue weighted by Gasteiger charge is 2.14. The largest absolute Gasteiger partial charge is 0.399 e. The molecule has 0 fully saturated rings. The Kier molecular flexibility index (Phi) is 3.56. The number of H-pyrrole nitrogens is 1. The standard InChI is InChI=1S/C13H10BrN3O.BrH/c14-9-4-3-8(13(16)18)12-11(9)7-2-1-6(15)5-10(7)17-12;/h1-5,17H,15H2,(H2,16,18);1H. The summed E-state index contributed by atoms with van der Waals surface area (Å²) in [4.78, 5) is 14.6. The molecule has 0 atom stereocenters. The minimum Gasteiger partial charge on any atom is -0.399 e. The molecular weight excluding hydrogens is 374 g/mol. The molecule has 1 amide bonds. The molecule has 3 aromatic rings. The molecule has 1 aromatic heterocycles. The second-order valence-corrected chi connectivity index (χ2v) is 4.99. The van der Waals surface area contributed by atoms with Crippen molar-refractivity contribution in [3.8, 4) is 0 Å². The molecule has 0 aliphatic heterocycles. The van der Waals surface area contributed by atoms with Gasteiger partial charge in [0.15, 0.2) is 0 Å². The lowest BCUT2D eigenvalue weighted by Crippen LogP contribution is -2.11. The molecule has 0 bridgehead atoms. The second kappa shape index (κ2) is 4.86. The minimum atomic E-state index is -0.452. The van der Waals surface area contributed by atoms with E-state index in [1.165, 1.54) is 0 Å². The maximum absolute atomic E-state index is 11.4. The zero-order chi connectivity index (χ0) is 12.9. The van der Waals surface area contributed by atoms with E-state index in [9.17, 15) is 4.79 Å². The number of fused-ring (bicyclic) bond motifs is 3. The van der Waals surface area contributed by atoms with Gasteiger partial charge in [0.05, 0.1) is 11.1 Å². The number of aromatic nitrogens is 1. The number of amides is 1. The number of nitrogens with two attached hydrogens (primary N) is 2. The number of hydrogen-bond donors (Lipinski definition) is 3. The topological polar surface area (TPSA) is 84.9 Å². The number of carbonyl (C=O) groups is 1. The van der Waals surface area contributed by atoms with Crippen LogP contribution in [0.3, 0.4) is 0 Å². The predicted molar refractivity (Wildman–Crippen MR) is 86.8 cm³/mol. The lowest BCUT2D eigenvalue weighted by Gasteiger charge is -2.00. The Morgan fingerprint density at radius 1 is 1.21 bits per heavy atom. The van der Waals surface area contributed by atoms with Crippen LogP contribution >= 0.6 is 32.9 Å². The van der Waals surface area contributed by atoms with Crippen LogP contribution in [0.15, 0.2) is 34.8 Å². The van der Waals surface area contributed by atoms with E-state index in [1.54, 1.807) is 6.07 Å². The van der Waals surface area contributed by atoms with Gasteiger partial charge in [0, 0.05) is 26.4 Å². The summed E-state index contributed by atoms with van der Waals surface area (Å²) in [5, 5.41) is 1.95. The molecule has 5 N–H and O–H groups in total. The van der Waals surface area contributed by atoms with Crippen LogP contribution < -0.4 is 11.5 Å². The highest BCUT2D eigenvalue weighted by Crippen LogP contribution is 2.34. The maximum Gasteiger partial charge on any atom is 0.250 e. The van der Waals surface area contributed by atoms with Gasteiger partial charge in [0.1, 0.15) is 0 Å². The van der Waals surface area contributed by atoms with Crippen molar-refractivity contribution in [1.29, 1.82) is 0 Å². The number of halogens is 2. The smallest absolute Gasteiger partial charge is 0.250 e. The fourth-order valence-corrected chi connectivity index (χ4v) is 2.74. The lowest BCUT2D eigenvalue weighted by atomic mass is 10.1. The van der Waals surface area contributed by atoms with Crippen molar-refractivity contribution in [3.63, 3.8) is 0 Å². The molecule has 0 saturated heterocycles. The van der Waals surface area contributed by atoms with Gasteiger partial charge < -0.3 is 16.5 Å². The first kappa shape index (κ1) is 13.9. The predicted octanol–water partition coefficient (Wildman–Crippen LogP) is 3.34. The molecule has 0 radical (unpaired) electrons. The number of nitrogen functional groups attached to an aromatic ring is 1. The SMILES string of the molecule is Br.NC(=O)c1ccc(Br)c2c1[nH]c1cc(N)ccc12. The van der Waals surface area contributed by atoms with Crippen LogP contribution in [0.5, 0.6) is 0 Å². The quantitative estimate of drug-likeness (QED) is 0.562. The number of hydrogen-bond acceptors (Lipinski definition) is 2. The fraction of sp³-hybridized carbons (Fsp3) is 0. The van der Waals surface area contributed by atoms with Crippen LogP contribution in [-0.4, -0.2) is 10.9 Å². The van der Waals surface area contributed by atoms with E-state index in [0.717, 1.165) is 26.3 Å². The van der Waals surface area contributed by atoms with Gasteiger partial charge in [-0.15, -0.1) is 17.0 Å². The van der Waals surface area contributed by atoms with E-state index in [4.69, 9.17) is 11.5 Å². The van der Waals surface area contributed by atoms with E-state index in [-0.39, 0.29) is 17.0 Å². The summed E-state index contributed by atoms with van der Waals surface area (Å²) in [6, 6.07) is 9.13. The van der Waals surface area contributed by atoms with Crippen molar-refractivity contribution in [1.82, 2.24) is 4.98 Å². The molecule has 0 saturated carbocycles. The average Bonchev–Trinajstić information content (AvgIpc) is 2.67. The van der Waals surface area contributed by atoms with Gasteiger partial charge in [0.2, 0.25) is 0 Å². The summed E-state index contributed by atoms with van der Waals surface area (Å²) < 4.78 is 0.915. The van der Waals surface area contributed by atoms with Crippen LogP contribution in [0.4, 0.5) is 5.69 Å². The van der Waals surface area contributed by atoms with Gasteiger partial charge in [-0.05, 0) is 24.3 Å². The Balaban J connectivity index is 0.00000133. The van der Waals surface area contributed by atoms with Crippen molar-refractivity contribution in [2.45, 2.75) is 0 Å². The summed E-state index contributed by atoms with van der Waals surface area (Å²) in [6.45, 7) is 0. The Bertz CT molecular complexity index is 795. The van der Waals surface area contributed by atoms with Crippen LogP contribution in [0, 0.1) is 0 Å². The molecule has 0 aliphatic rings. The van der Waals surface area contributed by atoms with Crippen LogP contribution in [0.1, 0.15) is 10.4 Å². The zero-order valence-electron chi connectivity index (χ0n) is 9.74. The number of anilines is 1. The van der Waals surface area contributed by atoms with E-state index in [2.05, 4.69) is 20.9 Å².